The molecule has 0 aliphatic carbocycles. The number of fused-ring (bicyclic) bond motifs is 1. The topological polar surface area (TPSA) is 44.5 Å². The smallest absolute Gasteiger partial charge is 0.161 e. The first-order valence-corrected chi connectivity index (χ1v) is 4.55. The number of hydrogen-bond acceptors (Lipinski definition) is 3. The zero-order chi connectivity index (χ0) is 9.97. The van der Waals surface area contributed by atoms with Gasteiger partial charge in [0.1, 0.15) is 19.4 Å². The summed E-state index contributed by atoms with van der Waals surface area (Å²) in [5, 5.41) is 0. The van der Waals surface area contributed by atoms with Crippen molar-refractivity contribution in [3.05, 3.63) is 23.8 Å². The molecule has 1 aliphatic rings. The normalized spacial score (nSPS) is 16.4. The van der Waals surface area contributed by atoms with Gasteiger partial charge in [-0.1, -0.05) is 6.07 Å². The molecule has 1 aliphatic heterocycles. The molecule has 0 saturated carbocycles. The van der Waals surface area contributed by atoms with Gasteiger partial charge in [-0.05, 0) is 17.7 Å². The van der Waals surface area contributed by atoms with Crippen LogP contribution in [-0.2, 0) is 0 Å². The van der Waals surface area contributed by atoms with Crippen molar-refractivity contribution in [3.8, 4) is 11.5 Å². The second kappa shape index (κ2) is 3.84. The van der Waals surface area contributed by atoms with Crippen LogP contribution in [-0.4, -0.2) is 19.8 Å². The average Bonchev–Trinajstić information content (AvgIpc) is 2.27. The SMILES string of the molecule is NCC(F)c1ccc2c(c1)OCCO2. The summed E-state index contributed by atoms with van der Waals surface area (Å²) >= 11 is 0. The van der Waals surface area contributed by atoms with Crippen molar-refractivity contribution in [1.82, 2.24) is 0 Å². The third-order valence-electron chi connectivity index (χ3n) is 2.13. The van der Waals surface area contributed by atoms with E-state index in [0.29, 0.717) is 30.3 Å². The third-order valence-corrected chi connectivity index (χ3v) is 2.13. The monoisotopic (exact) mass is 197 g/mol. The van der Waals surface area contributed by atoms with Crippen LogP contribution in [0.5, 0.6) is 11.5 Å². The first-order chi connectivity index (χ1) is 6.81. The molecule has 1 aromatic rings. The van der Waals surface area contributed by atoms with E-state index in [1.165, 1.54) is 0 Å². The van der Waals surface area contributed by atoms with Crippen LogP contribution in [0.25, 0.3) is 0 Å². The summed E-state index contributed by atoms with van der Waals surface area (Å²) in [6.45, 7) is 1.04. The van der Waals surface area contributed by atoms with Crippen molar-refractivity contribution in [2.75, 3.05) is 19.8 Å². The van der Waals surface area contributed by atoms with E-state index in [1.807, 2.05) is 0 Å². The van der Waals surface area contributed by atoms with E-state index in [-0.39, 0.29) is 6.54 Å². The summed E-state index contributed by atoms with van der Waals surface area (Å²) in [4.78, 5) is 0. The molecule has 76 valence electrons. The number of nitrogens with two attached hydrogens (primary N) is 1. The van der Waals surface area contributed by atoms with E-state index in [0.717, 1.165) is 0 Å². The third kappa shape index (κ3) is 1.65. The van der Waals surface area contributed by atoms with Crippen molar-refractivity contribution in [2.45, 2.75) is 6.17 Å². The summed E-state index contributed by atoms with van der Waals surface area (Å²) in [5.41, 5.74) is 5.77. The molecule has 0 amide bonds. The standard InChI is InChI=1S/C10H12FNO2/c11-8(6-12)7-1-2-9-10(5-7)14-4-3-13-9/h1-2,5,8H,3-4,6,12H2. The molecule has 1 unspecified atom stereocenters. The second-order valence-electron chi connectivity index (χ2n) is 3.11. The Hall–Kier alpha value is -1.29. The molecule has 1 aromatic carbocycles. The minimum absolute atomic E-state index is 0.0142. The quantitative estimate of drug-likeness (QED) is 0.780. The van der Waals surface area contributed by atoms with Crippen molar-refractivity contribution < 1.29 is 13.9 Å². The zero-order valence-corrected chi connectivity index (χ0v) is 7.70. The Labute approximate surface area is 81.6 Å². The van der Waals surface area contributed by atoms with Gasteiger partial charge in [0.2, 0.25) is 0 Å². The largest absolute Gasteiger partial charge is 0.486 e. The van der Waals surface area contributed by atoms with Crippen LogP contribution in [0.3, 0.4) is 0 Å². The summed E-state index contributed by atoms with van der Waals surface area (Å²) in [7, 11) is 0. The molecule has 3 nitrogen and oxygen atoms in total. The Morgan fingerprint density at radius 3 is 2.71 bits per heavy atom. The van der Waals surface area contributed by atoms with E-state index in [1.54, 1.807) is 18.2 Å². The molecule has 2 N–H and O–H groups in total. The average molecular weight is 197 g/mol. The predicted octanol–water partition coefficient (Wildman–Crippen LogP) is 1.43. The van der Waals surface area contributed by atoms with E-state index in [2.05, 4.69) is 0 Å². The van der Waals surface area contributed by atoms with Gasteiger partial charge in [-0.25, -0.2) is 4.39 Å². The highest BCUT2D eigenvalue weighted by Crippen LogP contribution is 2.33. The lowest BCUT2D eigenvalue weighted by Gasteiger charge is -2.19. The molecule has 0 fully saturated rings. The Morgan fingerprint density at radius 2 is 2.00 bits per heavy atom. The summed E-state index contributed by atoms with van der Waals surface area (Å²) in [6, 6.07) is 5.03. The van der Waals surface area contributed by atoms with E-state index >= 15 is 0 Å². The van der Waals surface area contributed by atoms with Crippen LogP contribution in [0.2, 0.25) is 0 Å². The molecule has 0 aromatic heterocycles. The first-order valence-electron chi connectivity index (χ1n) is 4.55. The molecule has 0 bridgehead atoms. The lowest BCUT2D eigenvalue weighted by Crippen LogP contribution is -2.16. The number of alkyl halides is 1. The minimum Gasteiger partial charge on any atom is -0.486 e. The van der Waals surface area contributed by atoms with Gasteiger partial charge in [-0.15, -0.1) is 0 Å². The van der Waals surface area contributed by atoms with Crippen molar-refractivity contribution in [2.24, 2.45) is 5.73 Å². The number of ether oxygens (including phenoxy) is 2. The Kier molecular flexibility index (Phi) is 2.54. The van der Waals surface area contributed by atoms with Crippen LogP contribution < -0.4 is 15.2 Å². The van der Waals surface area contributed by atoms with E-state index in [9.17, 15) is 4.39 Å². The van der Waals surface area contributed by atoms with Crippen LogP contribution >= 0.6 is 0 Å². The predicted molar refractivity (Wildman–Crippen MR) is 50.3 cm³/mol. The van der Waals surface area contributed by atoms with Crippen molar-refractivity contribution in [3.63, 3.8) is 0 Å². The Balaban J connectivity index is 2.29. The van der Waals surface area contributed by atoms with Gasteiger partial charge in [0.25, 0.3) is 0 Å². The lowest BCUT2D eigenvalue weighted by atomic mass is 10.1. The van der Waals surface area contributed by atoms with Gasteiger partial charge >= 0.3 is 0 Å². The number of benzene rings is 1. The number of hydrogen-bond donors (Lipinski definition) is 1. The van der Waals surface area contributed by atoms with Crippen LogP contribution in [0.1, 0.15) is 11.7 Å². The molecule has 0 spiro atoms. The summed E-state index contributed by atoms with van der Waals surface area (Å²) in [6.07, 6.45) is -1.13. The molecule has 4 heteroatoms. The van der Waals surface area contributed by atoms with Crippen molar-refractivity contribution in [1.29, 1.82) is 0 Å². The van der Waals surface area contributed by atoms with Gasteiger partial charge in [0.15, 0.2) is 11.5 Å². The van der Waals surface area contributed by atoms with Crippen LogP contribution in [0, 0.1) is 0 Å². The highest BCUT2D eigenvalue weighted by molar-refractivity contribution is 5.44. The maximum Gasteiger partial charge on any atom is 0.161 e. The molecule has 0 radical (unpaired) electrons. The zero-order valence-electron chi connectivity index (χ0n) is 7.70. The number of halogens is 1. The maximum absolute atomic E-state index is 13.2. The van der Waals surface area contributed by atoms with Gasteiger partial charge in [0, 0.05) is 6.54 Å². The Bertz CT molecular complexity index is 330. The minimum atomic E-state index is -1.13. The van der Waals surface area contributed by atoms with E-state index in [4.69, 9.17) is 15.2 Å². The maximum atomic E-state index is 13.2. The van der Waals surface area contributed by atoms with Crippen LogP contribution in [0.4, 0.5) is 4.39 Å². The fourth-order valence-corrected chi connectivity index (χ4v) is 1.39. The summed E-state index contributed by atoms with van der Waals surface area (Å²) in [5.74, 6) is 1.27. The highest BCUT2D eigenvalue weighted by atomic mass is 19.1. The Morgan fingerprint density at radius 1 is 1.29 bits per heavy atom. The first kappa shape index (κ1) is 9.27. The van der Waals surface area contributed by atoms with E-state index < -0.39 is 6.17 Å². The van der Waals surface area contributed by atoms with Gasteiger partial charge in [-0.3, -0.25) is 0 Å². The van der Waals surface area contributed by atoms with Crippen molar-refractivity contribution >= 4 is 0 Å². The molecule has 1 atom stereocenters. The van der Waals surface area contributed by atoms with Gasteiger partial charge in [0.05, 0.1) is 0 Å². The molecule has 0 saturated heterocycles. The van der Waals surface area contributed by atoms with Gasteiger partial charge in [-0.2, -0.15) is 0 Å². The second-order valence-corrected chi connectivity index (χ2v) is 3.11. The molecular weight excluding hydrogens is 185 g/mol. The number of rotatable bonds is 2. The fraction of sp³-hybridized carbons (Fsp3) is 0.400. The van der Waals surface area contributed by atoms with Crippen LogP contribution in [0.15, 0.2) is 18.2 Å². The fourth-order valence-electron chi connectivity index (χ4n) is 1.39. The highest BCUT2D eigenvalue weighted by Gasteiger charge is 2.15. The summed E-state index contributed by atoms with van der Waals surface area (Å²) < 4.78 is 23.9. The molecule has 1 heterocycles. The molecular formula is C10H12FNO2. The molecule has 2 rings (SSSR count). The lowest BCUT2D eigenvalue weighted by molar-refractivity contribution is 0.171. The molecule has 14 heavy (non-hydrogen) atoms. The van der Waals surface area contributed by atoms with Gasteiger partial charge < -0.3 is 15.2 Å².